The zero-order valence-electron chi connectivity index (χ0n) is 4.21. The number of amides is 4. The van der Waals surface area contributed by atoms with Gasteiger partial charge in [-0.3, -0.25) is 10.5 Å². The largest absolute Gasteiger partial charge is 0.340 e. The third-order valence-corrected chi connectivity index (χ3v) is 0.642. The van der Waals surface area contributed by atoms with Crippen molar-refractivity contribution in [2.75, 3.05) is 0 Å². The Morgan fingerprint density at radius 2 is 1.67 bits per heavy atom. The van der Waals surface area contributed by atoms with Gasteiger partial charge in [-0.25, -0.2) is 20.4 Å². The van der Waals surface area contributed by atoms with Crippen LogP contribution < -0.4 is 16.2 Å². The van der Waals surface area contributed by atoms with Gasteiger partial charge in [-0.05, 0) is 0 Å². The minimum Gasteiger partial charge on any atom is -0.276 e. The van der Waals surface area contributed by atoms with Crippen molar-refractivity contribution in [3.05, 3.63) is 0 Å². The molecule has 1 aliphatic rings. The van der Waals surface area contributed by atoms with Crippen molar-refractivity contribution in [3.8, 4) is 0 Å². The topological polar surface area (TPSA) is 93.7 Å². The Balaban J connectivity index is 2.53. The second-order valence-electron chi connectivity index (χ2n) is 1.32. The predicted molar refractivity (Wildman–Crippen MR) is 23.8 cm³/mol. The van der Waals surface area contributed by atoms with Crippen molar-refractivity contribution in [1.82, 2.24) is 21.4 Å². The molecular weight excluding hydrogens is 128 g/mol. The summed E-state index contributed by atoms with van der Waals surface area (Å²) < 4.78 is 0. The molecule has 50 valence electrons. The molecule has 0 atom stereocenters. The average molecular weight is 132 g/mol. The van der Waals surface area contributed by atoms with Crippen LogP contribution in [0.3, 0.4) is 0 Å². The molecule has 0 spiro atoms. The normalized spacial score (nSPS) is 20.1. The van der Waals surface area contributed by atoms with Crippen LogP contribution in [0.4, 0.5) is 9.59 Å². The van der Waals surface area contributed by atoms with Gasteiger partial charge in [0.25, 0.3) is 0 Å². The van der Waals surface area contributed by atoms with Gasteiger partial charge >= 0.3 is 12.1 Å². The fourth-order valence-corrected chi connectivity index (χ4v) is 0.379. The first kappa shape index (κ1) is 5.79. The summed E-state index contributed by atoms with van der Waals surface area (Å²) in [4.78, 5) is 20.4. The first-order chi connectivity index (χ1) is 4.18. The fourth-order valence-electron chi connectivity index (χ4n) is 0.379. The van der Waals surface area contributed by atoms with E-state index in [4.69, 9.17) is 5.21 Å². The number of rotatable bonds is 0. The molecule has 0 aromatic rings. The first-order valence-electron chi connectivity index (χ1n) is 2.06. The molecule has 1 saturated heterocycles. The summed E-state index contributed by atoms with van der Waals surface area (Å²) in [6, 6.07) is -1.55. The Morgan fingerprint density at radius 3 is 2.00 bits per heavy atom. The van der Waals surface area contributed by atoms with Crippen LogP contribution >= 0.6 is 0 Å². The van der Waals surface area contributed by atoms with Gasteiger partial charge in [0.05, 0.1) is 0 Å². The van der Waals surface area contributed by atoms with Crippen molar-refractivity contribution in [2.45, 2.75) is 0 Å². The van der Waals surface area contributed by atoms with E-state index in [1.165, 1.54) is 0 Å². The summed E-state index contributed by atoms with van der Waals surface area (Å²) in [5.74, 6) is 0. The number of nitrogens with zero attached hydrogens (tertiary/aromatic N) is 1. The van der Waals surface area contributed by atoms with Crippen molar-refractivity contribution in [3.63, 3.8) is 0 Å². The summed E-state index contributed by atoms with van der Waals surface area (Å²) in [6.07, 6.45) is 0. The lowest BCUT2D eigenvalue weighted by Gasteiger charge is -2.20. The minimum absolute atomic E-state index is 0.168. The van der Waals surface area contributed by atoms with Crippen molar-refractivity contribution in [1.29, 1.82) is 0 Å². The van der Waals surface area contributed by atoms with Gasteiger partial charge in [-0.2, -0.15) is 0 Å². The molecule has 0 saturated carbocycles. The molecule has 0 unspecified atom stereocenters. The molecule has 1 aliphatic heterocycles. The van der Waals surface area contributed by atoms with Crippen molar-refractivity contribution >= 4 is 12.1 Å². The van der Waals surface area contributed by atoms with E-state index >= 15 is 0 Å². The molecule has 0 radical (unpaired) electrons. The predicted octanol–water partition coefficient (Wildman–Crippen LogP) is -1.47. The number of carbonyl (C=O) groups excluding carboxylic acids is 2. The maximum Gasteiger partial charge on any atom is 0.340 e. The maximum absolute atomic E-state index is 10.2. The van der Waals surface area contributed by atoms with E-state index in [0.717, 1.165) is 0 Å². The maximum atomic E-state index is 10.2. The Morgan fingerprint density at radius 1 is 1.22 bits per heavy atom. The monoisotopic (exact) mass is 132 g/mol. The van der Waals surface area contributed by atoms with Gasteiger partial charge in [0, 0.05) is 5.28 Å². The smallest absolute Gasteiger partial charge is 0.276 e. The van der Waals surface area contributed by atoms with Crippen LogP contribution in [-0.4, -0.2) is 22.6 Å². The quantitative estimate of drug-likeness (QED) is 0.323. The molecule has 7 heteroatoms. The molecule has 0 aromatic carbocycles. The Hall–Kier alpha value is -1.34. The Bertz CT molecular complexity index is 140. The summed E-state index contributed by atoms with van der Waals surface area (Å²) in [5, 5.41) is 10.4. The minimum atomic E-state index is -0.777. The van der Waals surface area contributed by atoms with E-state index in [1.807, 2.05) is 16.2 Å². The van der Waals surface area contributed by atoms with E-state index in [1.54, 1.807) is 0 Å². The zero-order valence-corrected chi connectivity index (χ0v) is 4.21. The van der Waals surface area contributed by atoms with Crippen LogP contribution in [0.2, 0.25) is 0 Å². The standard InChI is InChI=1S/C2H4N4O3/c7-1-3-2(8)5-6(9)4-1/h9H,(H3,3,4,5,7,8). The van der Waals surface area contributed by atoms with E-state index < -0.39 is 12.1 Å². The van der Waals surface area contributed by atoms with Crippen LogP contribution in [0.25, 0.3) is 0 Å². The molecule has 1 fully saturated rings. The highest BCUT2D eigenvalue weighted by Crippen LogP contribution is 1.76. The second-order valence-corrected chi connectivity index (χ2v) is 1.32. The summed E-state index contributed by atoms with van der Waals surface area (Å²) >= 11 is 0. The van der Waals surface area contributed by atoms with Crippen LogP contribution in [0, 0.1) is 0 Å². The van der Waals surface area contributed by atoms with Crippen LogP contribution in [-0.2, 0) is 0 Å². The SMILES string of the molecule is O=C1NC(=O)NN(O)N1. The summed E-state index contributed by atoms with van der Waals surface area (Å²) in [7, 11) is 0. The van der Waals surface area contributed by atoms with Crippen LogP contribution in [0.15, 0.2) is 0 Å². The molecule has 1 rings (SSSR count). The lowest BCUT2D eigenvalue weighted by atomic mass is 10.9. The van der Waals surface area contributed by atoms with Gasteiger partial charge in [0.1, 0.15) is 0 Å². The molecule has 7 nitrogen and oxygen atoms in total. The fraction of sp³-hybridized carbons (Fsp3) is 0. The lowest BCUT2D eigenvalue weighted by Crippen LogP contribution is -2.63. The average Bonchev–Trinajstić information content (AvgIpc) is 1.59. The number of carbonyl (C=O) groups is 2. The molecule has 4 amide bonds. The second kappa shape index (κ2) is 1.88. The van der Waals surface area contributed by atoms with Crippen LogP contribution in [0.1, 0.15) is 0 Å². The number of imide groups is 1. The number of urea groups is 2. The Labute approximate surface area is 49.5 Å². The zero-order chi connectivity index (χ0) is 6.85. The van der Waals surface area contributed by atoms with Gasteiger partial charge in [0.2, 0.25) is 0 Å². The van der Waals surface area contributed by atoms with Crippen molar-refractivity contribution in [2.24, 2.45) is 0 Å². The molecule has 9 heavy (non-hydrogen) atoms. The van der Waals surface area contributed by atoms with Gasteiger partial charge in [0.15, 0.2) is 0 Å². The highest BCUT2D eigenvalue weighted by molar-refractivity contribution is 5.94. The number of nitrogens with one attached hydrogen (secondary N) is 3. The number of hydrogen-bond acceptors (Lipinski definition) is 4. The number of hydrazine groups is 2. The van der Waals surface area contributed by atoms with E-state index in [2.05, 4.69) is 0 Å². The highest BCUT2D eigenvalue weighted by atomic mass is 16.6. The number of hydrogen-bond donors (Lipinski definition) is 4. The van der Waals surface area contributed by atoms with Gasteiger partial charge in [-0.1, -0.05) is 0 Å². The molecular formula is C2H4N4O3. The molecule has 0 aliphatic carbocycles. The molecule has 0 aromatic heterocycles. The third-order valence-electron chi connectivity index (χ3n) is 0.642. The summed E-state index contributed by atoms with van der Waals surface area (Å²) in [6.45, 7) is 0. The van der Waals surface area contributed by atoms with Crippen LogP contribution in [0.5, 0.6) is 0 Å². The van der Waals surface area contributed by atoms with Gasteiger partial charge < -0.3 is 0 Å². The van der Waals surface area contributed by atoms with Crippen molar-refractivity contribution < 1.29 is 14.8 Å². The Kier molecular flexibility index (Phi) is 1.21. The summed E-state index contributed by atoms with van der Waals surface area (Å²) in [5.41, 5.74) is 3.63. The highest BCUT2D eigenvalue weighted by Gasteiger charge is 2.17. The molecule has 4 N–H and O–H groups in total. The van der Waals surface area contributed by atoms with E-state index in [9.17, 15) is 9.59 Å². The van der Waals surface area contributed by atoms with Gasteiger partial charge in [-0.15, -0.1) is 0 Å². The van der Waals surface area contributed by atoms with E-state index in [0.29, 0.717) is 0 Å². The first-order valence-corrected chi connectivity index (χ1v) is 2.06. The lowest BCUT2D eigenvalue weighted by molar-refractivity contribution is -0.158. The molecule has 1 heterocycles. The van der Waals surface area contributed by atoms with E-state index in [-0.39, 0.29) is 5.28 Å². The molecule has 0 bridgehead atoms. The third kappa shape index (κ3) is 1.27.